The molecule has 0 radical (unpaired) electrons. The van der Waals surface area contributed by atoms with Crippen LogP contribution in [0.4, 0.5) is 0 Å². The summed E-state index contributed by atoms with van der Waals surface area (Å²) in [6, 6.07) is 0. The van der Waals surface area contributed by atoms with E-state index in [-0.39, 0.29) is 0 Å². The number of hydrogen-bond donors (Lipinski definition) is 0. The highest BCUT2D eigenvalue weighted by molar-refractivity contribution is 5.36. The molecule has 0 aromatic rings. The quantitative estimate of drug-likeness (QED) is 0.571. The summed E-state index contributed by atoms with van der Waals surface area (Å²) in [6.45, 7) is 19.3. The fourth-order valence-electron chi connectivity index (χ4n) is 1.73. The first-order chi connectivity index (χ1) is 11.3. The number of allylic oxidation sites excluding steroid dienone is 7. The Kier molecular flexibility index (Phi) is 17.1. The zero-order chi connectivity index (χ0) is 18.1. The van der Waals surface area contributed by atoms with Gasteiger partial charge in [0.15, 0.2) is 11.5 Å². The van der Waals surface area contributed by atoms with E-state index in [4.69, 9.17) is 9.47 Å². The maximum Gasteiger partial charge on any atom is 0.161 e. The van der Waals surface area contributed by atoms with Gasteiger partial charge in [-0.1, -0.05) is 79.3 Å². The summed E-state index contributed by atoms with van der Waals surface area (Å²) >= 11 is 0. The summed E-state index contributed by atoms with van der Waals surface area (Å²) in [4.78, 5) is 0. The normalized spacial score (nSPS) is 20.3. The van der Waals surface area contributed by atoms with Gasteiger partial charge >= 0.3 is 0 Å². The van der Waals surface area contributed by atoms with E-state index in [0.717, 1.165) is 17.9 Å². The molecule has 0 saturated carbocycles. The molecule has 0 bridgehead atoms. The van der Waals surface area contributed by atoms with Crippen molar-refractivity contribution in [3.05, 3.63) is 60.1 Å². The highest BCUT2D eigenvalue weighted by atomic mass is 16.5. The van der Waals surface area contributed by atoms with Crippen LogP contribution in [-0.4, -0.2) is 13.2 Å². The molecule has 132 valence electrons. The minimum Gasteiger partial charge on any atom is -0.489 e. The summed E-state index contributed by atoms with van der Waals surface area (Å²) in [5, 5.41) is 0. The molecule has 2 heteroatoms. The SMILES string of the molecule is C=CC1=C(/C=C2/C=CC=CC2)OCC(C)CO1.CC.CC.CC. The van der Waals surface area contributed by atoms with E-state index in [9.17, 15) is 0 Å². The molecule has 0 amide bonds. The maximum atomic E-state index is 5.77. The van der Waals surface area contributed by atoms with Crippen LogP contribution >= 0.6 is 0 Å². The zero-order valence-corrected chi connectivity index (χ0v) is 16.2. The average molecular weight is 321 g/mol. The summed E-state index contributed by atoms with van der Waals surface area (Å²) in [5.74, 6) is 1.94. The van der Waals surface area contributed by atoms with Gasteiger partial charge in [0.05, 0.1) is 13.2 Å². The topological polar surface area (TPSA) is 18.5 Å². The summed E-state index contributed by atoms with van der Waals surface area (Å²) < 4.78 is 11.4. The first-order valence-electron chi connectivity index (χ1n) is 8.95. The van der Waals surface area contributed by atoms with Gasteiger partial charge in [0.1, 0.15) is 0 Å². The molecule has 1 aliphatic carbocycles. The van der Waals surface area contributed by atoms with Crippen LogP contribution in [0.3, 0.4) is 0 Å². The summed E-state index contributed by atoms with van der Waals surface area (Å²) in [5.41, 5.74) is 1.22. The molecule has 23 heavy (non-hydrogen) atoms. The van der Waals surface area contributed by atoms with E-state index in [0.29, 0.717) is 19.1 Å². The van der Waals surface area contributed by atoms with Crippen molar-refractivity contribution in [3.63, 3.8) is 0 Å². The third-order valence-corrected chi connectivity index (χ3v) is 2.70. The molecule has 0 fully saturated rings. The van der Waals surface area contributed by atoms with Crippen LogP contribution < -0.4 is 0 Å². The fourth-order valence-corrected chi connectivity index (χ4v) is 1.73. The molecule has 1 aliphatic heterocycles. The molecule has 2 aliphatic rings. The number of rotatable bonds is 2. The Balaban J connectivity index is 0. The van der Waals surface area contributed by atoms with Gasteiger partial charge in [-0.2, -0.15) is 0 Å². The van der Waals surface area contributed by atoms with E-state index in [2.05, 4.69) is 25.7 Å². The Morgan fingerprint density at radius 1 is 0.957 bits per heavy atom. The van der Waals surface area contributed by atoms with Crippen LogP contribution in [0, 0.1) is 5.92 Å². The standard InChI is InChI=1S/C15H18O2.3C2H6/c1-3-14-15(17-11-12(2)10-16-14)9-13-7-5-4-6-8-13;3*1-2/h3-7,9,12H,1,8,10-11H2,2H3;3*1-2H3/b13-9-;;;. The number of hydrogen-bond acceptors (Lipinski definition) is 2. The molecule has 0 spiro atoms. The molecular formula is C21H36O2. The van der Waals surface area contributed by atoms with Gasteiger partial charge in [0.2, 0.25) is 0 Å². The second-order valence-corrected chi connectivity index (χ2v) is 4.37. The molecule has 0 N–H and O–H groups in total. The first kappa shape index (κ1) is 23.6. The molecule has 1 heterocycles. The highest BCUT2D eigenvalue weighted by Gasteiger charge is 2.14. The van der Waals surface area contributed by atoms with Crippen molar-refractivity contribution in [1.29, 1.82) is 0 Å². The minimum atomic E-state index is 0.405. The van der Waals surface area contributed by atoms with Crippen molar-refractivity contribution in [2.24, 2.45) is 5.92 Å². The Bertz CT molecular complexity index is 412. The van der Waals surface area contributed by atoms with Crippen molar-refractivity contribution in [3.8, 4) is 0 Å². The van der Waals surface area contributed by atoms with E-state index in [1.807, 2.05) is 59.8 Å². The van der Waals surface area contributed by atoms with Crippen molar-refractivity contribution >= 4 is 0 Å². The Hall–Kier alpha value is -1.70. The Morgan fingerprint density at radius 3 is 2.00 bits per heavy atom. The third-order valence-electron chi connectivity index (χ3n) is 2.70. The lowest BCUT2D eigenvalue weighted by Gasteiger charge is -2.09. The average Bonchev–Trinajstić information content (AvgIpc) is 2.82. The van der Waals surface area contributed by atoms with Crippen LogP contribution in [-0.2, 0) is 9.47 Å². The molecule has 0 aromatic heterocycles. The summed E-state index contributed by atoms with van der Waals surface area (Å²) in [7, 11) is 0. The van der Waals surface area contributed by atoms with E-state index >= 15 is 0 Å². The Labute approximate surface area is 144 Å². The predicted octanol–water partition coefficient (Wildman–Crippen LogP) is 6.59. The van der Waals surface area contributed by atoms with E-state index in [1.54, 1.807) is 6.08 Å². The lowest BCUT2D eigenvalue weighted by atomic mass is 10.1. The van der Waals surface area contributed by atoms with Gasteiger partial charge in [-0.05, 0) is 24.1 Å². The largest absolute Gasteiger partial charge is 0.489 e. The fraction of sp³-hybridized carbons (Fsp3) is 0.524. The lowest BCUT2D eigenvalue weighted by molar-refractivity contribution is 0.158. The van der Waals surface area contributed by atoms with Crippen LogP contribution in [0.5, 0.6) is 0 Å². The van der Waals surface area contributed by atoms with E-state index < -0.39 is 0 Å². The van der Waals surface area contributed by atoms with Gasteiger partial charge in [-0.15, -0.1) is 0 Å². The lowest BCUT2D eigenvalue weighted by Crippen LogP contribution is -2.07. The predicted molar refractivity (Wildman–Crippen MR) is 103 cm³/mol. The van der Waals surface area contributed by atoms with Crippen LogP contribution in [0.2, 0.25) is 0 Å². The highest BCUT2D eigenvalue weighted by Crippen LogP contribution is 2.21. The molecule has 1 unspecified atom stereocenters. The van der Waals surface area contributed by atoms with Crippen molar-refractivity contribution in [2.45, 2.75) is 54.9 Å². The monoisotopic (exact) mass is 320 g/mol. The second kappa shape index (κ2) is 16.7. The molecule has 2 nitrogen and oxygen atoms in total. The summed E-state index contributed by atoms with van der Waals surface area (Å²) in [6.07, 6.45) is 13.0. The molecular weight excluding hydrogens is 284 g/mol. The third kappa shape index (κ3) is 9.83. The van der Waals surface area contributed by atoms with Crippen molar-refractivity contribution in [2.75, 3.05) is 13.2 Å². The molecule has 1 atom stereocenters. The Morgan fingerprint density at radius 2 is 1.52 bits per heavy atom. The van der Waals surface area contributed by atoms with Crippen molar-refractivity contribution < 1.29 is 9.47 Å². The minimum absolute atomic E-state index is 0.405. The van der Waals surface area contributed by atoms with Crippen LogP contribution in [0.15, 0.2) is 60.1 Å². The first-order valence-corrected chi connectivity index (χ1v) is 8.95. The molecule has 0 saturated heterocycles. The zero-order valence-electron chi connectivity index (χ0n) is 16.2. The molecule has 2 rings (SSSR count). The maximum absolute atomic E-state index is 5.77. The molecule has 0 aromatic carbocycles. The van der Waals surface area contributed by atoms with Crippen molar-refractivity contribution in [1.82, 2.24) is 0 Å². The van der Waals surface area contributed by atoms with Gasteiger partial charge in [-0.3, -0.25) is 0 Å². The van der Waals surface area contributed by atoms with Gasteiger partial charge in [0.25, 0.3) is 0 Å². The van der Waals surface area contributed by atoms with Gasteiger partial charge < -0.3 is 9.47 Å². The van der Waals surface area contributed by atoms with Gasteiger partial charge in [-0.25, -0.2) is 0 Å². The second-order valence-electron chi connectivity index (χ2n) is 4.37. The van der Waals surface area contributed by atoms with Crippen LogP contribution in [0.1, 0.15) is 54.9 Å². The van der Waals surface area contributed by atoms with Crippen LogP contribution in [0.25, 0.3) is 0 Å². The smallest absolute Gasteiger partial charge is 0.161 e. The van der Waals surface area contributed by atoms with E-state index in [1.165, 1.54) is 5.57 Å². The van der Waals surface area contributed by atoms with Gasteiger partial charge in [0, 0.05) is 5.92 Å². The number of ether oxygens (including phenoxy) is 2.